The molecular formula is C15H24BFO4. The summed E-state index contributed by atoms with van der Waals surface area (Å²) in [6, 6.07) is 0. The Morgan fingerprint density at radius 1 is 1.19 bits per heavy atom. The molecule has 1 atom stereocenters. The maximum atomic E-state index is 14.9. The quantitative estimate of drug-likeness (QED) is 0.580. The van der Waals surface area contributed by atoms with Crippen LogP contribution in [0.25, 0.3) is 0 Å². The van der Waals surface area contributed by atoms with E-state index in [-0.39, 0.29) is 0 Å². The average molecular weight is 298 g/mol. The molecular weight excluding hydrogens is 274 g/mol. The van der Waals surface area contributed by atoms with Crippen LogP contribution in [0.5, 0.6) is 0 Å². The molecule has 0 N–H and O–H groups in total. The first-order valence-electron chi connectivity index (χ1n) is 7.38. The fourth-order valence-electron chi connectivity index (χ4n) is 2.97. The Bertz CT molecular complexity index is 470. The van der Waals surface area contributed by atoms with E-state index in [1.165, 1.54) is 7.11 Å². The Balaban J connectivity index is 2.34. The lowest BCUT2D eigenvalue weighted by Crippen LogP contribution is -2.41. The van der Waals surface area contributed by atoms with Gasteiger partial charge in [-0.1, -0.05) is 0 Å². The number of carbonyl (C=O) groups is 1. The standard InChI is InChI=1S/C15H24BFO4/c1-13(2)14(3,4)21-16(20-13)11(17)10-8-7-9-15(10,5)12(18)19-6/h7-9H2,1-6H3. The van der Waals surface area contributed by atoms with Crippen molar-refractivity contribution in [1.29, 1.82) is 0 Å². The van der Waals surface area contributed by atoms with E-state index in [0.717, 1.165) is 6.42 Å². The summed E-state index contributed by atoms with van der Waals surface area (Å²) in [6.45, 7) is 9.22. The van der Waals surface area contributed by atoms with Crippen LogP contribution in [0, 0.1) is 5.41 Å². The van der Waals surface area contributed by atoms with Gasteiger partial charge in [-0.25, -0.2) is 4.39 Å². The molecule has 1 saturated carbocycles. The smallest absolute Gasteiger partial charge is 0.468 e. The minimum absolute atomic E-state index is 0.401. The highest BCUT2D eigenvalue weighted by molar-refractivity contribution is 6.54. The summed E-state index contributed by atoms with van der Waals surface area (Å²) in [5, 5.41) is 0. The van der Waals surface area contributed by atoms with Crippen molar-refractivity contribution >= 4 is 13.1 Å². The van der Waals surface area contributed by atoms with Crippen molar-refractivity contribution in [3.05, 3.63) is 11.3 Å². The van der Waals surface area contributed by atoms with E-state index in [1.807, 2.05) is 27.7 Å². The number of rotatable bonds is 2. The van der Waals surface area contributed by atoms with Crippen LogP contribution in [-0.4, -0.2) is 31.4 Å². The zero-order chi connectivity index (χ0) is 16.1. The minimum atomic E-state index is -1.05. The zero-order valence-electron chi connectivity index (χ0n) is 13.7. The van der Waals surface area contributed by atoms with Crippen molar-refractivity contribution in [3.63, 3.8) is 0 Å². The molecule has 2 fully saturated rings. The lowest BCUT2D eigenvalue weighted by atomic mass is 9.75. The summed E-state index contributed by atoms with van der Waals surface area (Å²) < 4.78 is 31.2. The lowest BCUT2D eigenvalue weighted by Gasteiger charge is -2.32. The van der Waals surface area contributed by atoms with Gasteiger partial charge in [0.1, 0.15) is 5.73 Å². The molecule has 118 valence electrons. The van der Waals surface area contributed by atoms with E-state index in [1.54, 1.807) is 6.92 Å². The summed E-state index contributed by atoms with van der Waals surface area (Å²) in [7, 11) is 0.281. The molecule has 1 heterocycles. The molecule has 2 rings (SSSR count). The predicted octanol–water partition coefficient (Wildman–Crippen LogP) is 3.20. The second-order valence-corrected chi connectivity index (χ2v) is 7.09. The number of methoxy groups -OCH3 is 1. The predicted molar refractivity (Wildman–Crippen MR) is 78.2 cm³/mol. The molecule has 0 spiro atoms. The van der Waals surface area contributed by atoms with E-state index in [4.69, 9.17) is 14.0 Å². The summed E-state index contributed by atoms with van der Waals surface area (Å²) >= 11 is 0. The van der Waals surface area contributed by atoms with Gasteiger partial charge in [0.05, 0.1) is 23.7 Å². The van der Waals surface area contributed by atoms with Gasteiger partial charge < -0.3 is 14.0 Å². The van der Waals surface area contributed by atoms with Crippen molar-refractivity contribution in [1.82, 2.24) is 0 Å². The average Bonchev–Trinajstić information content (AvgIpc) is 2.87. The van der Waals surface area contributed by atoms with E-state index >= 15 is 0 Å². The van der Waals surface area contributed by atoms with Gasteiger partial charge in [-0.2, -0.15) is 0 Å². The number of hydrogen-bond donors (Lipinski definition) is 0. The van der Waals surface area contributed by atoms with Gasteiger partial charge in [0.2, 0.25) is 0 Å². The third-order valence-corrected chi connectivity index (χ3v) is 5.15. The first-order valence-corrected chi connectivity index (χ1v) is 7.38. The van der Waals surface area contributed by atoms with Gasteiger partial charge in [0.25, 0.3) is 0 Å². The second kappa shape index (κ2) is 5.09. The van der Waals surface area contributed by atoms with Crippen molar-refractivity contribution < 1.29 is 23.2 Å². The monoisotopic (exact) mass is 298 g/mol. The van der Waals surface area contributed by atoms with Gasteiger partial charge in [-0.15, -0.1) is 0 Å². The summed E-state index contributed by atoms with van der Waals surface area (Å²) in [6.07, 6.45) is 1.87. The number of hydrogen-bond acceptors (Lipinski definition) is 4. The first-order chi connectivity index (χ1) is 9.55. The van der Waals surface area contributed by atoms with Crippen LogP contribution in [0.3, 0.4) is 0 Å². The Labute approximate surface area is 126 Å². The van der Waals surface area contributed by atoms with Crippen LogP contribution in [0.2, 0.25) is 0 Å². The van der Waals surface area contributed by atoms with Crippen molar-refractivity contribution in [2.75, 3.05) is 7.11 Å². The van der Waals surface area contributed by atoms with Gasteiger partial charge in [0, 0.05) is 0 Å². The van der Waals surface area contributed by atoms with Crippen LogP contribution in [-0.2, 0) is 18.8 Å². The molecule has 0 aromatic carbocycles. The van der Waals surface area contributed by atoms with Gasteiger partial charge >= 0.3 is 13.1 Å². The van der Waals surface area contributed by atoms with E-state index < -0.39 is 35.4 Å². The molecule has 6 heteroatoms. The maximum absolute atomic E-state index is 14.9. The number of esters is 1. The lowest BCUT2D eigenvalue weighted by molar-refractivity contribution is -0.149. The summed E-state index contributed by atoms with van der Waals surface area (Å²) in [5.41, 5.74) is -2.14. The fourth-order valence-corrected chi connectivity index (χ4v) is 2.97. The van der Waals surface area contributed by atoms with E-state index in [9.17, 15) is 9.18 Å². The molecule has 0 radical (unpaired) electrons. The van der Waals surface area contributed by atoms with E-state index in [2.05, 4.69) is 0 Å². The highest BCUT2D eigenvalue weighted by Crippen LogP contribution is 2.48. The molecule has 1 aliphatic heterocycles. The SMILES string of the molecule is COC(=O)C1(C)CCCC1=C(F)B1OC(C)(C)C(C)(C)O1. The molecule has 2 aliphatic rings. The summed E-state index contributed by atoms with van der Waals surface area (Å²) in [4.78, 5) is 12.0. The molecule has 0 bridgehead atoms. The molecule has 1 unspecified atom stereocenters. The second-order valence-electron chi connectivity index (χ2n) is 7.09. The van der Waals surface area contributed by atoms with Gasteiger partial charge in [0.15, 0.2) is 0 Å². The highest BCUT2D eigenvalue weighted by atomic mass is 19.1. The van der Waals surface area contributed by atoms with Crippen LogP contribution < -0.4 is 0 Å². The van der Waals surface area contributed by atoms with Gasteiger partial charge in [-0.05, 0) is 59.5 Å². The summed E-state index contributed by atoms with van der Waals surface area (Å²) in [5.74, 6) is -0.401. The van der Waals surface area contributed by atoms with Crippen LogP contribution in [0.4, 0.5) is 4.39 Å². The molecule has 21 heavy (non-hydrogen) atoms. The van der Waals surface area contributed by atoms with Crippen molar-refractivity contribution in [2.24, 2.45) is 5.41 Å². The molecule has 1 aliphatic carbocycles. The Hall–Kier alpha value is -0.875. The van der Waals surface area contributed by atoms with Crippen LogP contribution in [0.15, 0.2) is 11.3 Å². The Morgan fingerprint density at radius 2 is 1.71 bits per heavy atom. The Kier molecular flexibility index (Phi) is 4.00. The molecule has 1 saturated heterocycles. The first kappa shape index (κ1) is 16.5. The molecule has 0 aromatic heterocycles. The van der Waals surface area contributed by atoms with Crippen LogP contribution >= 0.6 is 0 Å². The maximum Gasteiger partial charge on any atom is 0.525 e. The number of carbonyl (C=O) groups excluding carboxylic acids is 1. The largest absolute Gasteiger partial charge is 0.525 e. The van der Waals surface area contributed by atoms with Crippen LogP contribution in [0.1, 0.15) is 53.9 Å². The third kappa shape index (κ3) is 2.53. The Morgan fingerprint density at radius 3 is 2.19 bits per heavy atom. The zero-order valence-corrected chi connectivity index (χ0v) is 13.7. The normalized spacial score (nSPS) is 33.2. The third-order valence-electron chi connectivity index (χ3n) is 5.15. The molecule has 4 nitrogen and oxygen atoms in total. The van der Waals surface area contributed by atoms with E-state index in [0.29, 0.717) is 18.4 Å². The topological polar surface area (TPSA) is 44.8 Å². The van der Waals surface area contributed by atoms with Gasteiger partial charge in [-0.3, -0.25) is 4.79 Å². The molecule has 0 amide bonds. The minimum Gasteiger partial charge on any atom is -0.468 e. The van der Waals surface area contributed by atoms with Crippen molar-refractivity contribution in [2.45, 2.75) is 65.1 Å². The molecule has 0 aromatic rings. The fraction of sp³-hybridized carbons (Fsp3) is 0.800. The van der Waals surface area contributed by atoms with Crippen molar-refractivity contribution in [3.8, 4) is 0 Å². The number of halogens is 1. The highest BCUT2D eigenvalue weighted by Gasteiger charge is 2.55. The number of ether oxygens (including phenoxy) is 1.